The summed E-state index contributed by atoms with van der Waals surface area (Å²) in [5.41, 5.74) is 1.26. The molecular formula is C16H23N3S. The molecule has 2 aromatic rings. The lowest BCUT2D eigenvalue weighted by Gasteiger charge is -2.31. The van der Waals surface area contributed by atoms with E-state index >= 15 is 0 Å². The van der Waals surface area contributed by atoms with E-state index in [9.17, 15) is 0 Å². The second-order valence-corrected chi connectivity index (χ2v) is 6.99. The van der Waals surface area contributed by atoms with Crippen molar-refractivity contribution < 1.29 is 0 Å². The molecule has 0 bridgehead atoms. The monoisotopic (exact) mass is 289 g/mol. The topological polar surface area (TPSA) is 37.8 Å². The molecule has 4 heteroatoms. The first-order valence-corrected chi connectivity index (χ1v) is 8.07. The predicted molar refractivity (Wildman–Crippen MR) is 87.2 cm³/mol. The van der Waals surface area contributed by atoms with Crippen LogP contribution in [0.3, 0.4) is 0 Å². The summed E-state index contributed by atoms with van der Waals surface area (Å²) in [6, 6.07) is 8.65. The zero-order valence-electron chi connectivity index (χ0n) is 12.7. The standard InChI is InChI=1S/C16H23N3S/c1-5-17-14(16(2,3)4)10-20-15-12-8-6-7-9-13(12)18-11-19-15/h6-9,11,14,17H,5,10H2,1-4H3. The second-order valence-electron chi connectivity index (χ2n) is 5.98. The van der Waals surface area contributed by atoms with Gasteiger partial charge in [-0.1, -0.05) is 45.9 Å². The van der Waals surface area contributed by atoms with Crippen LogP contribution in [0, 0.1) is 5.41 Å². The highest BCUT2D eigenvalue weighted by atomic mass is 32.2. The molecule has 0 fully saturated rings. The number of nitrogens with one attached hydrogen (secondary N) is 1. The van der Waals surface area contributed by atoms with Crippen LogP contribution in [-0.4, -0.2) is 28.3 Å². The number of hydrogen-bond acceptors (Lipinski definition) is 4. The number of aromatic nitrogens is 2. The molecule has 0 spiro atoms. The van der Waals surface area contributed by atoms with E-state index in [2.05, 4.69) is 49.0 Å². The Labute approximate surface area is 125 Å². The molecule has 108 valence electrons. The number of para-hydroxylation sites is 1. The molecule has 3 nitrogen and oxygen atoms in total. The number of fused-ring (bicyclic) bond motifs is 1. The largest absolute Gasteiger partial charge is 0.313 e. The maximum atomic E-state index is 4.45. The summed E-state index contributed by atoms with van der Waals surface area (Å²) in [5, 5.41) is 5.79. The van der Waals surface area contributed by atoms with Crippen molar-refractivity contribution in [2.24, 2.45) is 5.41 Å². The lowest BCUT2D eigenvalue weighted by Crippen LogP contribution is -2.42. The molecular weight excluding hydrogens is 266 g/mol. The molecule has 1 heterocycles. The van der Waals surface area contributed by atoms with Crippen molar-refractivity contribution in [1.29, 1.82) is 0 Å². The third-order valence-electron chi connectivity index (χ3n) is 3.39. The van der Waals surface area contributed by atoms with E-state index in [1.54, 1.807) is 6.33 Å². The molecule has 20 heavy (non-hydrogen) atoms. The summed E-state index contributed by atoms with van der Waals surface area (Å²) < 4.78 is 0. The van der Waals surface area contributed by atoms with Gasteiger partial charge in [-0.15, -0.1) is 11.8 Å². The van der Waals surface area contributed by atoms with Crippen LogP contribution in [0.25, 0.3) is 10.9 Å². The molecule has 1 unspecified atom stereocenters. The van der Waals surface area contributed by atoms with Crippen LogP contribution in [0.5, 0.6) is 0 Å². The number of hydrogen-bond donors (Lipinski definition) is 1. The summed E-state index contributed by atoms with van der Waals surface area (Å²) in [6.07, 6.45) is 1.66. The third-order valence-corrected chi connectivity index (χ3v) is 4.49. The maximum Gasteiger partial charge on any atom is 0.117 e. The van der Waals surface area contributed by atoms with Gasteiger partial charge in [-0.05, 0) is 18.0 Å². The minimum absolute atomic E-state index is 0.242. The average molecular weight is 289 g/mol. The van der Waals surface area contributed by atoms with Gasteiger partial charge >= 0.3 is 0 Å². The van der Waals surface area contributed by atoms with Crippen LogP contribution in [0.15, 0.2) is 35.6 Å². The minimum atomic E-state index is 0.242. The van der Waals surface area contributed by atoms with E-state index in [1.807, 2.05) is 30.0 Å². The molecule has 1 aromatic heterocycles. The van der Waals surface area contributed by atoms with Gasteiger partial charge in [0.1, 0.15) is 11.4 Å². The van der Waals surface area contributed by atoms with Crippen LogP contribution in [0.2, 0.25) is 0 Å². The Morgan fingerprint density at radius 2 is 1.95 bits per heavy atom. The van der Waals surface area contributed by atoms with E-state index in [4.69, 9.17) is 0 Å². The smallest absolute Gasteiger partial charge is 0.117 e. The molecule has 0 saturated heterocycles. The number of rotatable bonds is 5. The van der Waals surface area contributed by atoms with Crippen molar-refractivity contribution in [3.8, 4) is 0 Å². The Hall–Kier alpha value is -1.13. The van der Waals surface area contributed by atoms with Crippen LogP contribution < -0.4 is 5.32 Å². The Morgan fingerprint density at radius 1 is 1.20 bits per heavy atom. The highest BCUT2D eigenvalue weighted by Crippen LogP contribution is 2.29. The SMILES string of the molecule is CCNC(CSc1ncnc2ccccc12)C(C)(C)C. The van der Waals surface area contributed by atoms with Crippen molar-refractivity contribution in [1.82, 2.24) is 15.3 Å². The van der Waals surface area contributed by atoms with Gasteiger partial charge in [0.05, 0.1) is 5.52 Å². The van der Waals surface area contributed by atoms with Crippen molar-refractivity contribution in [2.75, 3.05) is 12.3 Å². The van der Waals surface area contributed by atoms with Crippen LogP contribution >= 0.6 is 11.8 Å². The first-order chi connectivity index (χ1) is 9.52. The molecule has 0 radical (unpaired) electrons. The second kappa shape index (κ2) is 6.55. The predicted octanol–water partition coefficient (Wildman–Crippen LogP) is 3.75. The Kier molecular flexibility index (Phi) is 5.00. The molecule has 1 aromatic carbocycles. The molecule has 0 saturated carbocycles. The van der Waals surface area contributed by atoms with Crippen LogP contribution in [0.1, 0.15) is 27.7 Å². The maximum absolute atomic E-state index is 4.45. The molecule has 1 atom stereocenters. The summed E-state index contributed by atoms with van der Waals surface area (Å²) in [6.45, 7) is 9.98. The molecule has 2 rings (SSSR count). The van der Waals surface area contributed by atoms with E-state index in [0.29, 0.717) is 6.04 Å². The van der Waals surface area contributed by atoms with E-state index in [1.165, 1.54) is 0 Å². The van der Waals surface area contributed by atoms with Crippen molar-refractivity contribution in [3.63, 3.8) is 0 Å². The van der Waals surface area contributed by atoms with E-state index in [-0.39, 0.29) is 5.41 Å². The summed E-state index contributed by atoms with van der Waals surface area (Å²) in [4.78, 5) is 8.76. The lowest BCUT2D eigenvalue weighted by atomic mass is 9.88. The number of benzene rings is 1. The fourth-order valence-electron chi connectivity index (χ4n) is 2.12. The van der Waals surface area contributed by atoms with Gasteiger partial charge in [-0.3, -0.25) is 0 Å². The zero-order chi connectivity index (χ0) is 14.6. The number of nitrogens with zero attached hydrogens (tertiary/aromatic N) is 2. The Balaban J connectivity index is 2.16. The minimum Gasteiger partial charge on any atom is -0.313 e. The third kappa shape index (κ3) is 3.70. The number of thioether (sulfide) groups is 1. The van der Waals surface area contributed by atoms with Crippen LogP contribution in [0.4, 0.5) is 0 Å². The van der Waals surface area contributed by atoms with Gasteiger partial charge in [0.2, 0.25) is 0 Å². The molecule has 0 amide bonds. The fraction of sp³-hybridized carbons (Fsp3) is 0.500. The van der Waals surface area contributed by atoms with Gasteiger partial charge < -0.3 is 5.32 Å². The fourth-order valence-corrected chi connectivity index (χ4v) is 3.51. The van der Waals surface area contributed by atoms with Crippen LogP contribution in [-0.2, 0) is 0 Å². The summed E-state index contributed by atoms with van der Waals surface area (Å²) >= 11 is 1.81. The highest BCUT2D eigenvalue weighted by Gasteiger charge is 2.24. The van der Waals surface area contributed by atoms with E-state index in [0.717, 1.165) is 28.2 Å². The molecule has 0 aliphatic rings. The molecule has 1 N–H and O–H groups in total. The van der Waals surface area contributed by atoms with Crippen molar-refractivity contribution in [2.45, 2.75) is 38.8 Å². The van der Waals surface area contributed by atoms with Gasteiger partial charge in [0.25, 0.3) is 0 Å². The first kappa shape index (κ1) is 15.3. The summed E-state index contributed by atoms with van der Waals surface area (Å²) in [5.74, 6) is 1.01. The first-order valence-electron chi connectivity index (χ1n) is 7.08. The molecule has 0 aliphatic carbocycles. The van der Waals surface area contributed by atoms with Gasteiger partial charge in [0.15, 0.2) is 0 Å². The summed E-state index contributed by atoms with van der Waals surface area (Å²) in [7, 11) is 0. The van der Waals surface area contributed by atoms with Crippen molar-refractivity contribution >= 4 is 22.7 Å². The van der Waals surface area contributed by atoms with Gasteiger partial charge in [0, 0.05) is 17.2 Å². The average Bonchev–Trinajstić information content (AvgIpc) is 2.42. The van der Waals surface area contributed by atoms with Gasteiger partial charge in [-0.2, -0.15) is 0 Å². The zero-order valence-corrected chi connectivity index (χ0v) is 13.5. The highest BCUT2D eigenvalue weighted by molar-refractivity contribution is 7.99. The Morgan fingerprint density at radius 3 is 2.65 bits per heavy atom. The van der Waals surface area contributed by atoms with Crippen molar-refractivity contribution in [3.05, 3.63) is 30.6 Å². The quantitative estimate of drug-likeness (QED) is 0.672. The Bertz CT molecular complexity index is 558. The normalized spacial score (nSPS) is 13.6. The van der Waals surface area contributed by atoms with Gasteiger partial charge in [-0.25, -0.2) is 9.97 Å². The lowest BCUT2D eigenvalue weighted by molar-refractivity contribution is 0.295. The van der Waals surface area contributed by atoms with E-state index < -0.39 is 0 Å². The molecule has 0 aliphatic heterocycles.